The van der Waals surface area contributed by atoms with Gasteiger partial charge in [0.1, 0.15) is 17.2 Å². The Morgan fingerprint density at radius 1 is 1.19 bits per heavy atom. The summed E-state index contributed by atoms with van der Waals surface area (Å²) >= 11 is 0. The van der Waals surface area contributed by atoms with Gasteiger partial charge in [0.05, 0.1) is 31.5 Å². The van der Waals surface area contributed by atoms with Crippen molar-refractivity contribution in [3.05, 3.63) is 89.6 Å². The fourth-order valence-corrected chi connectivity index (χ4v) is 4.73. The Morgan fingerprint density at radius 2 is 2.00 bits per heavy atom. The fourth-order valence-electron chi connectivity index (χ4n) is 4.73. The van der Waals surface area contributed by atoms with E-state index in [1.165, 1.54) is 7.11 Å². The van der Waals surface area contributed by atoms with Crippen molar-refractivity contribution in [1.29, 1.82) is 0 Å². The highest BCUT2D eigenvalue weighted by Crippen LogP contribution is 2.34. The van der Waals surface area contributed by atoms with E-state index in [1.807, 2.05) is 6.07 Å². The summed E-state index contributed by atoms with van der Waals surface area (Å²) < 4.78 is 10.8. The van der Waals surface area contributed by atoms with Crippen molar-refractivity contribution in [2.75, 3.05) is 13.7 Å². The molecule has 2 aromatic carbocycles. The molecule has 3 N–H and O–H groups in total. The van der Waals surface area contributed by atoms with Crippen LogP contribution in [0.2, 0.25) is 0 Å². The van der Waals surface area contributed by atoms with Crippen LogP contribution in [0.3, 0.4) is 0 Å². The highest BCUT2D eigenvalue weighted by atomic mass is 16.5. The number of nitrogens with one attached hydrogen (secondary N) is 2. The van der Waals surface area contributed by atoms with E-state index in [9.17, 15) is 14.7 Å². The summed E-state index contributed by atoms with van der Waals surface area (Å²) in [7, 11) is 1.54. The molecule has 1 unspecified atom stereocenters. The van der Waals surface area contributed by atoms with Gasteiger partial charge in [-0.15, -0.1) is 0 Å². The molecule has 3 heterocycles. The summed E-state index contributed by atoms with van der Waals surface area (Å²) in [5.74, 6) is 0.485. The zero-order chi connectivity index (χ0) is 25.9. The number of aromatic amines is 1. The number of amides is 2. The van der Waals surface area contributed by atoms with E-state index < -0.39 is 18.2 Å². The minimum absolute atomic E-state index is 0.115. The van der Waals surface area contributed by atoms with Gasteiger partial charge in [-0.25, -0.2) is 0 Å². The number of carbonyl (C=O) groups is 2. The van der Waals surface area contributed by atoms with E-state index in [4.69, 9.17) is 9.26 Å². The zero-order valence-electron chi connectivity index (χ0n) is 20.4. The fraction of sp³-hybridized carbons (Fsp3) is 0.259. The number of aliphatic hydroxyl groups excluding tert-OH is 1. The number of rotatable bonds is 7. The quantitative estimate of drug-likeness (QED) is 0.354. The second-order valence-corrected chi connectivity index (χ2v) is 9.00. The van der Waals surface area contributed by atoms with E-state index in [0.717, 1.165) is 11.1 Å². The van der Waals surface area contributed by atoms with Crippen molar-refractivity contribution in [3.63, 3.8) is 0 Å². The number of benzene rings is 2. The molecule has 0 aliphatic carbocycles. The number of hydrogen-bond acceptors (Lipinski definition) is 7. The SMILES string of the molecule is COc1cc(C(=O)N2C[C@H](O)C[C@@H]2C(NC(=O)c2ccccc2)c2cc(C)on2)ccc1-c1cn[nH]c1. The number of aryl methyl sites for hydroxylation is 1. The molecule has 190 valence electrons. The minimum atomic E-state index is -0.759. The maximum atomic E-state index is 13.7. The molecule has 3 atom stereocenters. The molecule has 4 aromatic rings. The third kappa shape index (κ3) is 4.96. The number of carbonyl (C=O) groups excluding carboxylic acids is 2. The van der Waals surface area contributed by atoms with E-state index >= 15 is 0 Å². The van der Waals surface area contributed by atoms with E-state index in [2.05, 4.69) is 20.7 Å². The first-order valence-electron chi connectivity index (χ1n) is 11.9. The number of β-amino-alcohol motifs (C(OH)–C–C–N with tert-alkyl or cyclic N) is 1. The van der Waals surface area contributed by atoms with Crippen LogP contribution in [0.15, 0.2) is 71.5 Å². The first-order chi connectivity index (χ1) is 17.9. The van der Waals surface area contributed by atoms with Gasteiger partial charge in [-0.3, -0.25) is 14.7 Å². The van der Waals surface area contributed by atoms with Crippen molar-refractivity contribution in [3.8, 4) is 16.9 Å². The molecule has 0 saturated carbocycles. The van der Waals surface area contributed by atoms with Gasteiger partial charge in [0.15, 0.2) is 0 Å². The van der Waals surface area contributed by atoms with Crippen LogP contribution < -0.4 is 10.1 Å². The minimum Gasteiger partial charge on any atom is -0.496 e. The zero-order valence-corrected chi connectivity index (χ0v) is 20.4. The standard InChI is InChI=1S/C27H27N5O5/c1-16-10-22(31-37-16)25(30-26(34)17-6-4-3-5-7-17)23-12-20(33)15-32(23)27(35)18-8-9-21(24(11-18)36-2)19-13-28-29-14-19/h3-11,13-14,20,23,25,33H,12,15H2,1-2H3,(H,28,29)(H,30,34)/t20-,23-,25?/m1/s1. The molecule has 2 aromatic heterocycles. The Hall–Kier alpha value is -4.44. The highest BCUT2D eigenvalue weighted by molar-refractivity contribution is 5.97. The molecule has 1 aliphatic heterocycles. The summed E-state index contributed by atoms with van der Waals surface area (Å²) in [5.41, 5.74) is 2.97. The molecule has 1 saturated heterocycles. The maximum Gasteiger partial charge on any atom is 0.254 e. The molecule has 10 heteroatoms. The molecular formula is C27H27N5O5. The average Bonchev–Trinajstić information content (AvgIpc) is 3.68. The van der Waals surface area contributed by atoms with Gasteiger partial charge in [0, 0.05) is 41.1 Å². The topological polar surface area (TPSA) is 134 Å². The average molecular weight is 502 g/mol. The van der Waals surface area contributed by atoms with Gasteiger partial charge < -0.3 is 24.6 Å². The summed E-state index contributed by atoms with van der Waals surface area (Å²) in [4.78, 5) is 28.4. The smallest absolute Gasteiger partial charge is 0.254 e. The Kier molecular flexibility index (Phi) is 6.74. The number of aromatic nitrogens is 3. The third-order valence-electron chi connectivity index (χ3n) is 6.51. The van der Waals surface area contributed by atoms with E-state index in [-0.39, 0.29) is 24.8 Å². The Balaban J connectivity index is 1.47. The summed E-state index contributed by atoms with van der Waals surface area (Å²) in [6.07, 6.45) is 2.92. The lowest BCUT2D eigenvalue weighted by atomic mass is 9.99. The second kappa shape index (κ2) is 10.3. The largest absolute Gasteiger partial charge is 0.496 e. The predicted molar refractivity (Wildman–Crippen MR) is 134 cm³/mol. The summed E-state index contributed by atoms with van der Waals surface area (Å²) in [6.45, 7) is 1.87. The van der Waals surface area contributed by atoms with Crippen molar-refractivity contribution in [1.82, 2.24) is 25.6 Å². The highest BCUT2D eigenvalue weighted by Gasteiger charge is 2.42. The number of methoxy groups -OCH3 is 1. The normalized spacial score (nSPS) is 18.0. The molecule has 37 heavy (non-hydrogen) atoms. The van der Waals surface area contributed by atoms with Crippen LogP contribution in [0.25, 0.3) is 11.1 Å². The van der Waals surface area contributed by atoms with Gasteiger partial charge >= 0.3 is 0 Å². The second-order valence-electron chi connectivity index (χ2n) is 9.00. The molecule has 1 aliphatic rings. The number of likely N-dealkylation sites (tertiary alicyclic amines) is 1. The van der Waals surface area contributed by atoms with Crippen molar-refractivity contribution >= 4 is 11.8 Å². The predicted octanol–water partition coefficient (Wildman–Crippen LogP) is 3.13. The molecular weight excluding hydrogens is 474 g/mol. The van der Waals surface area contributed by atoms with Crippen molar-refractivity contribution < 1.29 is 24.0 Å². The molecule has 0 spiro atoms. The molecule has 0 radical (unpaired) electrons. The first-order valence-corrected chi connectivity index (χ1v) is 11.9. The molecule has 1 fully saturated rings. The lowest BCUT2D eigenvalue weighted by Crippen LogP contribution is -2.45. The van der Waals surface area contributed by atoms with Gasteiger partial charge in [-0.05, 0) is 43.7 Å². The van der Waals surface area contributed by atoms with Crippen LogP contribution >= 0.6 is 0 Å². The maximum absolute atomic E-state index is 13.7. The van der Waals surface area contributed by atoms with E-state index in [0.29, 0.717) is 28.3 Å². The van der Waals surface area contributed by atoms with Crippen LogP contribution in [-0.4, -0.2) is 63.0 Å². The molecule has 2 amide bonds. The van der Waals surface area contributed by atoms with E-state index in [1.54, 1.807) is 72.7 Å². The Labute approximate surface area is 213 Å². The summed E-state index contributed by atoms with van der Waals surface area (Å²) in [5, 5.41) is 24.5. The van der Waals surface area contributed by atoms with Crippen LogP contribution in [0, 0.1) is 6.92 Å². The Bertz CT molecular complexity index is 1390. The third-order valence-corrected chi connectivity index (χ3v) is 6.51. The van der Waals surface area contributed by atoms with Crippen LogP contribution in [0.5, 0.6) is 5.75 Å². The monoisotopic (exact) mass is 501 g/mol. The van der Waals surface area contributed by atoms with Crippen molar-refractivity contribution in [2.24, 2.45) is 0 Å². The van der Waals surface area contributed by atoms with Crippen LogP contribution in [-0.2, 0) is 0 Å². The van der Waals surface area contributed by atoms with Crippen LogP contribution in [0.4, 0.5) is 0 Å². The Morgan fingerprint density at radius 3 is 2.68 bits per heavy atom. The lowest BCUT2D eigenvalue weighted by molar-refractivity contribution is 0.0670. The van der Waals surface area contributed by atoms with Crippen LogP contribution in [0.1, 0.15) is 44.6 Å². The number of nitrogens with zero attached hydrogens (tertiary/aromatic N) is 3. The van der Waals surface area contributed by atoms with Gasteiger partial charge in [0.25, 0.3) is 11.8 Å². The van der Waals surface area contributed by atoms with Gasteiger partial charge in [0.2, 0.25) is 0 Å². The molecule has 10 nitrogen and oxygen atoms in total. The summed E-state index contributed by atoms with van der Waals surface area (Å²) in [6, 6.07) is 14.5. The molecule has 0 bridgehead atoms. The molecule has 5 rings (SSSR count). The van der Waals surface area contributed by atoms with Crippen molar-refractivity contribution in [2.45, 2.75) is 31.5 Å². The first kappa shape index (κ1) is 24.3. The van der Waals surface area contributed by atoms with Gasteiger partial charge in [-0.1, -0.05) is 23.4 Å². The van der Waals surface area contributed by atoms with Gasteiger partial charge in [-0.2, -0.15) is 5.10 Å². The number of hydrogen-bond donors (Lipinski definition) is 3. The lowest BCUT2D eigenvalue weighted by Gasteiger charge is -2.31. The number of ether oxygens (including phenoxy) is 1. The number of aliphatic hydroxyl groups is 1. The number of H-pyrrole nitrogens is 1.